The summed E-state index contributed by atoms with van der Waals surface area (Å²) in [5, 5.41) is 3.80. The number of halogens is 2. The van der Waals surface area contributed by atoms with Crippen molar-refractivity contribution in [2.45, 2.75) is 96.8 Å². The molecule has 164 valence electrons. The minimum Gasteiger partial charge on any atom is -0.396 e. The summed E-state index contributed by atoms with van der Waals surface area (Å²) in [4.78, 5) is 5.17. The lowest BCUT2D eigenvalue weighted by molar-refractivity contribution is 0.141. The van der Waals surface area contributed by atoms with E-state index in [-0.39, 0.29) is 0 Å². The zero-order valence-corrected chi connectivity index (χ0v) is 18.2. The summed E-state index contributed by atoms with van der Waals surface area (Å²) >= 11 is 0. The molecule has 0 saturated carbocycles. The Hall–Kier alpha value is -1.71. The number of hydrogen-bond acceptors (Lipinski definition) is 2. The van der Waals surface area contributed by atoms with Crippen molar-refractivity contribution < 1.29 is 13.6 Å². The maximum absolute atomic E-state index is 13.0. The molecular weight excluding hydrogens is 368 g/mol. The van der Waals surface area contributed by atoms with Crippen molar-refractivity contribution >= 4 is 6.21 Å². The Morgan fingerprint density at radius 1 is 0.759 bits per heavy atom. The van der Waals surface area contributed by atoms with Gasteiger partial charge >= 0.3 is 0 Å². The Balaban J connectivity index is 1.83. The lowest BCUT2D eigenvalue weighted by atomic mass is 10.1. The first-order valence-corrected chi connectivity index (χ1v) is 11.5. The third-order valence-corrected chi connectivity index (χ3v) is 4.97. The Kier molecular flexibility index (Phi) is 16.0. The molecule has 29 heavy (non-hydrogen) atoms. The van der Waals surface area contributed by atoms with Crippen LogP contribution in [-0.2, 0) is 4.84 Å². The van der Waals surface area contributed by atoms with E-state index in [4.69, 9.17) is 4.84 Å². The van der Waals surface area contributed by atoms with E-state index in [0.717, 1.165) is 25.0 Å². The molecule has 0 aromatic heterocycles. The molecule has 1 aromatic carbocycles. The first-order valence-electron chi connectivity index (χ1n) is 11.5. The highest BCUT2D eigenvalue weighted by molar-refractivity contribution is 5.78. The van der Waals surface area contributed by atoms with Crippen LogP contribution in [0, 0.1) is 11.6 Å². The largest absolute Gasteiger partial charge is 0.396 e. The van der Waals surface area contributed by atoms with Crippen LogP contribution in [0.2, 0.25) is 0 Å². The Morgan fingerprint density at radius 3 is 1.97 bits per heavy atom. The van der Waals surface area contributed by atoms with Gasteiger partial charge in [0.05, 0.1) is 6.21 Å². The highest BCUT2D eigenvalue weighted by atomic mass is 19.2. The SMILES string of the molecule is CCCCCCCCC=CCCCCCCCCON=Cc1ccc(F)c(F)c1. The topological polar surface area (TPSA) is 21.6 Å². The van der Waals surface area contributed by atoms with Crippen LogP contribution in [0.5, 0.6) is 0 Å². The summed E-state index contributed by atoms with van der Waals surface area (Å²) in [6.07, 6.45) is 23.9. The fourth-order valence-electron chi connectivity index (χ4n) is 3.16. The van der Waals surface area contributed by atoms with Crippen LogP contribution in [-0.4, -0.2) is 12.8 Å². The van der Waals surface area contributed by atoms with E-state index < -0.39 is 11.6 Å². The molecule has 1 aromatic rings. The van der Waals surface area contributed by atoms with E-state index in [9.17, 15) is 8.78 Å². The molecule has 0 radical (unpaired) electrons. The van der Waals surface area contributed by atoms with Crippen LogP contribution in [0.4, 0.5) is 8.78 Å². The van der Waals surface area contributed by atoms with E-state index in [1.807, 2.05) is 0 Å². The summed E-state index contributed by atoms with van der Waals surface area (Å²) < 4.78 is 25.9. The van der Waals surface area contributed by atoms with Gasteiger partial charge in [-0.3, -0.25) is 0 Å². The number of benzene rings is 1. The van der Waals surface area contributed by atoms with E-state index in [2.05, 4.69) is 24.2 Å². The highest BCUT2D eigenvalue weighted by Crippen LogP contribution is 2.10. The number of allylic oxidation sites excluding steroid dienone is 2. The number of hydrogen-bond donors (Lipinski definition) is 0. The quantitative estimate of drug-likeness (QED) is 0.104. The molecule has 0 unspecified atom stereocenters. The molecule has 0 bridgehead atoms. The maximum atomic E-state index is 13.0. The molecule has 4 heteroatoms. The molecule has 0 atom stereocenters. The van der Waals surface area contributed by atoms with Crippen LogP contribution < -0.4 is 0 Å². The predicted octanol–water partition coefficient (Wildman–Crippen LogP) is 8.35. The molecule has 0 spiro atoms. The standard InChI is InChI=1S/C25H39F2NO/c1-2-3-4-5-6-7-8-9-10-11-12-13-14-15-16-17-20-29-28-22-23-18-19-24(26)25(27)21-23/h9-10,18-19,21-22H,2-8,11-17,20H2,1H3. The highest BCUT2D eigenvalue weighted by Gasteiger charge is 2.00. The number of nitrogens with zero attached hydrogens (tertiary/aromatic N) is 1. The summed E-state index contributed by atoms with van der Waals surface area (Å²) in [7, 11) is 0. The summed E-state index contributed by atoms with van der Waals surface area (Å²) in [5.74, 6) is -1.73. The average molecular weight is 408 g/mol. The van der Waals surface area contributed by atoms with Gasteiger partial charge < -0.3 is 4.84 Å². The fraction of sp³-hybridized carbons (Fsp3) is 0.640. The zero-order chi connectivity index (χ0) is 21.0. The van der Waals surface area contributed by atoms with Gasteiger partial charge in [0.2, 0.25) is 0 Å². The third kappa shape index (κ3) is 14.9. The molecule has 1 rings (SSSR count). The van der Waals surface area contributed by atoms with E-state index >= 15 is 0 Å². The van der Waals surface area contributed by atoms with Crippen molar-refractivity contribution in [1.82, 2.24) is 0 Å². The number of unbranched alkanes of at least 4 members (excludes halogenated alkanes) is 12. The van der Waals surface area contributed by atoms with Gasteiger partial charge in [-0.1, -0.05) is 81.7 Å². The van der Waals surface area contributed by atoms with Crippen molar-refractivity contribution in [3.05, 3.63) is 47.5 Å². The van der Waals surface area contributed by atoms with Crippen molar-refractivity contribution in [2.24, 2.45) is 5.16 Å². The Labute approximate surface area is 176 Å². The van der Waals surface area contributed by atoms with E-state index in [1.54, 1.807) is 0 Å². The monoisotopic (exact) mass is 407 g/mol. The fourth-order valence-corrected chi connectivity index (χ4v) is 3.16. The van der Waals surface area contributed by atoms with Crippen molar-refractivity contribution in [3.8, 4) is 0 Å². The lowest BCUT2D eigenvalue weighted by Crippen LogP contribution is -1.91. The molecule has 0 amide bonds. The van der Waals surface area contributed by atoms with Crippen LogP contribution in [0.15, 0.2) is 35.5 Å². The van der Waals surface area contributed by atoms with Gasteiger partial charge in [0, 0.05) is 0 Å². The van der Waals surface area contributed by atoms with Crippen LogP contribution in [0.3, 0.4) is 0 Å². The Morgan fingerprint density at radius 2 is 1.34 bits per heavy atom. The first kappa shape index (κ1) is 25.3. The number of oxime groups is 1. The lowest BCUT2D eigenvalue weighted by Gasteiger charge is -2.01. The van der Waals surface area contributed by atoms with Gasteiger partial charge in [0.1, 0.15) is 6.61 Å². The molecule has 2 nitrogen and oxygen atoms in total. The van der Waals surface area contributed by atoms with Gasteiger partial charge in [-0.05, 0) is 56.2 Å². The van der Waals surface area contributed by atoms with Gasteiger partial charge in [-0.15, -0.1) is 0 Å². The smallest absolute Gasteiger partial charge is 0.159 e. The summed E-state index contributed by atoms with van der Waals surface area (Å²) in [6.45, 7) is 2.82. The molecule has 0 N–H and O–H groups in total. The van der Waals surface area contributed by atoms with Gasteiger partial charge in [-0.25, -0.2) is 8.78 Å². The summed E-state index contributed by atoms with van der Waals surface area (Å²) in [5.41, 5.74) is 0.491. The Bertz CT molecular complexity index is 572. The second kappa shape index (κ2) is 18.3. The van der Waals surface area contributed by atoms with Crippen LogP contribution in [0.1, 0.15) is 102 Å². The van der Waals surface area contributed by atoms with Gasteiger partial charge in [0.15, 0.2) is 11.6 Å². The zero-order valence-electron chi connectivity index (χ0n) is 18.2. The predicted molar refractivity (Wildman–Crippen MR) is 119 cm³/mol. The van der Waals surface area contributed by atoms with Crippen LogP contribution in [0.25, 0.3) is 0 Å². The first-order chi connectivity index (χ1) is 14.2. The normalized spacial score (nSPS) is 11.7. The molecular formula is C25H39F2NO. The second-order valence-electron chi connectivity index (χ2n) is 7.68. The maximum Gasteiger partial charge on any atom is 0.159 e. The second-order valence-corrected chi connectivity index (χ2v) is 7.68. The molecule has 0 fully saturated rings. The average Bonchev–Trinajstić information content (AvgIpc) is 2.72. The number of rotatable bonds is 18. The van der Waals surface area contributed by atoms with Crippen molar-refractivity contribution in [3.63, 3.8) is 0 Å². The van der Waals surface area contributed by atoms with Crippen molar-refractivity contribution in [1.29, 1.82) is 0 Å². The van der Waals surface area contributed by atoms with E-state index in [0.29, 0.717) is 12.2 Å². The minimum absolute atomic E-state index is 0.491. The molecule has 0 heterocycles. The molecule has 0 aliphatic rings. The van der Waals surface area contributed by atoms with Crippen LogP contribution >= 0.6 is 0 Å². The minimum atomic E-state index is -0.873. The van der Waals surface area contributed by atoms with Gasteiger partial charge in [0.25, 0.3) is 0 Å². The summed E-state index contributed by atoms with van der Waals surface area (Å²) in [6, 6.07) is 3.66. The van der Waals surface area contributed by atoms with E-state index in [1.165, 1.54) is 89.3 Å². The molecule has 0 saturated heterocycles. The van der Waals surface area contributed by atoms with Crippen molar-refractivity contribution in [2.75, 3.05) is 6.61 Å². The van der Waals surface area contributed by atoms with Gasteiger partial charge in [-0.2, -0.15) is 0 Å². The molecule has 0 aliphatic carbocycles. The molecule has 0 aliphatic heterocycles. The third-order valence-electron chi connectivity index (χ3n) is 4.97.